The van der Waals surface area contributed by atoms with E-state index < -0.39 is 0 Å². The van der Waals surface area contributed by atoms with Crippen LogP contribution in [0.2, 0.25) is 0 Å². The molecule has 1 N–H and O–H groups in total. The number of benzene rings is 2. The van der Waals surface area contributed by atoms with E-state index in [-0.39, 0.29) is 5.91 Å². The van der Waals surface area contributed by atoms with Crippen molar-refractivity contribution in [2.45, 2.75) is 37.8 Å². The summed E-state index contributed by atoms with van der Waals surface area (Å²) in [6, 6.07) is 20.0. The van der Waals surface area contributed by atoms with Gasteiger partial charge in [-0.3, -0.25) is 9.69 Å². The normalized spacial score (nSPS) is 24.8. The summed E-state index contributed by atoms with van der Waals surface area (Å²) in [4.78, 5) is 21.6. The molecule has 7 rings (SSSR count). The minimum Gasteiger partial charge on any atom is -0.351 e. The number of hydrogen-bond acceptors (Lipinski definition) is 2. The van der Waals surface area contributed by atoms with Gasteiger partial charge in [-0.25, -0.2) is 0 Å². The van der Waals surface area contributed by atoms with Gasteiger partial charge >= 0.3 is 0 Å². The zero-order valence-electron chi connectivity index (χ0n) is 16.7. The highest BCUT2D eigenvalue weighted by Crippen LogP contribution is 2.33. The zero-order valence-corrected chi connectivity index (χ0v) is 16.7. The third-order valence-electron chi connectivity index (χ3n) is 7.31. The maximum Gasteiger partial charge on any atom is 0.270 e. The van der Waals surface area contributed by atoms with Crippen LogP contribution in [-0.2, 0) is 12.8 Å². The minimum absolute atomic E-state index is 0.174. The predicted molar refractivity (Wildman–Crippen MR) is 115 cm³/mol. The van der Waals surface area contributed by atoms with Crippen LogP contribution in [0.1, 0.15) is 34.5 Å². The van der Waals surface area contributed by atoms with Gasteiger partial charge in [0.25, 0.3) is 5.91 Å². The third kappa shape index (κ3) is 2.98. The summed E-state index contributed by atoms with van der Waals surface area (Å²) in [7, 11) is 0. The molecule has 4 heterocycles. The Hall–Kier alpha value is -2.59. The number of rotatable bonds is 2. The fourth-order valence-corrected chi connectivity index (χ4v) is 5.80. The number of aromatic amines is 1. The largest absolute Gasteiger partial charge is 0.351 e. The van der Waals surface area contributed by atoms with Gasteiger partial charge < -0.3 is 9.88 Å². The number of para-hydroxylation sites is 1. The Bertz CT molecular complexity index is 1010. The molecule has 0 unspecified atom stereocenters. The van der Waals surface area contributed by atoms with E-state index in [9.17, 15) is 4.79 Å². The molecule has 2 bridgehead atoms. The van der Waals surface area contributed by atoms with Crippen molar-refractivity contribution >= 4 is 16.8 Å². The van der Waals surface area contributed by atoms with E-state index in [0.717, 1.165) is 55.5 Å². The van der Waals surface area contributed by atoms with Crippen molar-refractivity contribution in [1.82, 2.24) is 14.8 Å². The number of piperidine rings is 1. The molecule has 148 valence electrons. The number of amides is 1. The quantitative estimate of drug-likeness (QED) is 0.727. The minimum atomic E-state index is 0.174. The lowest BCUT2D eigenvalue weighted by Crippen LogP contribution is -2.48. The van der Waals surface area contributed by atoms with Crippen molar-refractivity contribution in [3.63, 3.8) is 0 Å². The van der Waals surface area contributed by atoms with Crippen LogP contribution in [0.25, 0.3) is 10.9 Å². The van der Waals surface area contributed by atoms with Crippen LogP contribution in [0, 0.1) is 5.92 Å². The van der Waals surface area contributed by atoms with Gasteiger partial charge in [0.15, 0.2) is 0 Å². The first-order valence-corrected chi connectivity index (χ1v) is 10.9. The maximum atomic E-state index is 13.4. The van der Waals surface area contributed by atoms with Gasteiger partial charge in [-0.05, 0) is 54.9 Å². The molecule has 4 heteroatoms. The Morgan fingerprint density at radius 1 is 0.862 bits per heavy atom. The smallest absolute Gasteiger partial charge is 0.270 e. The lowest BCUT2D eigenvalue weighted by atomic mass is 9.94. The molecule has 1 aliphatic carbocycles. The Kier molecular flexibility index (Phi) is 4.01. The van der Waals surface area contributed by atoms with Gasteiger partial charge in [-0.1, -0.05) is 42.5 Å². The number of carbonyl (C=O) groups excluding carboxylic acids is 1. The average molecular weight is 386 g/mol. The monoisotopic (exact) mass is 385 g/mol. The lowest BCUT2D eigenvalue weighted by Gasteiger charge is -2.36. The van der Waals surface area contributed by atoms with Gasteiger partial charge in [-0.2, -0.15) is 0 Å². The lowest BCUT2D eigenvalue weighted by molar-refractivity contribution is 0.0576. The van der Waals surface area contributed by atoms with Crippen LogP contribution in [0.5, 0.6) is 0 Å². The first-order valence-electron chi connectivity index (χ1n) is 10.9. The van der Waals surface area contributed by atoms with E-state index in [2.05, 4.69) is 45.1 Å². The predicted octanol–water partition coefficient (Wildman–Crippen LogP) is 3.87. The van der Waals surface area contributed by atoms with Crippen molar-refractivity contribution in [1.29, 1.82) is 0 Å². The Morgan fingerprint density at radius 2 is 1.62 bits per heavy atom. The fourth-order valence-electron chi connectivity index (χ4n) is 5.80. The van der Waals surface area contributed by atoms with E-state index in [0.29, 0.717) is 18.0 Å². The molecule has 4 nitrogen and oxygen atoms in total. The van der Waals surface area contributed by atoms with Crippen molar-refractivity contribution in [2.75, 3.05) is 19.6 Å². The van der Waals surface area contributed by atoms with E-state index in [1.54, 1.807) is 0 Å². The number of H-pyrrole nitrogens is 1. The van der Waals surface area contributed by atoms with E-state index in [1.807, 2.05) is 24.3 Å². The Labute approximate surface area is 171 Å². The van der Waals surface area contributed by atoms with Gasteiger partial charge in [0.1, 0.15) is 5.69 Å². The molecule has 4 aliphatic rings. The number of fused-ring (bicyclic) bond motifs is 6. The average Bonchev–Trinajstić information content (AvgIpc) is 3.27. The van der Waals surface area contributed by atoms with Crippen molar-refractivity contribution in [3.05, 3.63) is 71.4 Å². The Balaban J connectivity index is 1.23. The number of nitrogens with zero attached hydrogens (tertiary/aromatic N) is 2. The molecule has 1 aromatic heterocycles. The molecule has 2 atom stereocenters. The van der Waals surface area contributed by atoms with Crippen LogP contribution in [0.15, 0.2) is 54.6 Å². The number of carbonyl (C=O) groups is 1. The van der Waals surface area contributed by atoms with Gasteiger partial charge in [0.2, 0.25) is 0 Å². The highest BCUT2D eigenvalue weighted by Gasteiger charge is 2.40. The highest BCUT2D eigenvalue weighted by molar-refractivity contribution is 5.98. The molecule has 3 aliphatic heterocycles. The summed E-state index contributed by atoms with van der Waals surface area (Å²) >= 11 is 0. The molecule has 0 radical (unpaired) electrons. The first kappa shape index (κ1) is 17.3. The maximum absolute atomic E-state index is 13.4. The second kappa shape index (κ2) is 6.74. The van der Waals surface area contributed by atoms with Gasteiger partial charge in [0.05, 0.1) is 0 Å². The molecular weight excluding hydrogens is 358 g/mol. The summed E-state index contributed by atoms with van der Waals surface area (Å²) in [5.41, 5.74) is 4.81. The van der Waals surface area contributed by atoms with E-state index in [1.165, 1.54) is 17.5 Å². The SMILES string of the molecule is O=C(c1cc2ccccc2[nH]1)N1C[C@H]2CC[C@@H]1CN(C1Cc3ccccc3C1)C2. The summed E-state index contributed by atoms with van der Waals surface area (Å²) < 4.78 is 0. The summed E-state index contributed by atoms with van der Waals surface area (Å²) in [6.45, 7) is 3.04. The molecule has 3 fully saturated rings. The second-order valence-electron chi connectivity index (χ2n) is 9.11. The molecule has 29 heavy (non-hydrogen) atoms. The van der Waals surface area contributed by atoms with Crippen LogP contribution < -0.4 is 0 Å². The van der Waals surface area contributed by atoms with E-state index in [4.69, 9.17) is 0 Å². The molecule has 3 aromatic rings. The third-order valence-corrected chi connectivity index (χ3v) is 7.31. The van der Waals surface area contributed by atoms with Gasteiger partial charge in [-0.15, -0.1) is 0 Å². The number of aromatic nitrogens is 1. The van der Waals surface area contributed by atoms with Crippen LogP contribution >= 0.6 is 0 Å². The molecule has 3 saturated heterocycles. The summed E-state index contributed by atoms with van der Waals surface area (Å²) in [5, 5.41) is 1.11. The highest BCUT2D eigenvalue weighted by atomic mass is 16.2. The van der Waals surface area contributed by atoms with Crippen molar-refractivity contribution in [3.8, 4) is 0 Å². The molecule has 0 spiro atoms. The zero-order chi connectivity index (χ0) is 19.4. The number of hydrogen-bond donors (Lipinski definition) is 1. The van der Waals surface area contributed by atoms with Crippen molar-refractivity contribution in [2.24, 2.45) is 5.92 Å². The summed E-state index contributed by atoms with van der Waals surface area (Å²) in [5.74, 6) is 0.762. The standard InChI is InChI=1S/C25H27N3O/c29-25(24-13-20-7-3-4-8-23(20)26-24)28-15-17-9-10-21(28)16-27(14-17)22-11-18-5-1-2-6-19(18)12-22/h1-8,13,17,21-22,26H,9-12,14-16H2/t17-,21+/m0/s1. The molecular formula is C25H27N3O. The van der Waals surface area contributed by atoms with E-state index >= 15 is 0 Å². The van der Waals surface area contributed by atoms with Gasteiger partial charge in [0, 0.05) is 42.6 Å². The number of nitrogens with one attached hydrogen (secondary N) is 1. The van der Waals surface area contributed by atoms with Crippen LogP contribution in [0.3, 0.4) is 0 Å². The second-order valence-corrected chi connectivity index (χ2v) is 9.11. The molecule has 0 saturated carbocycles. The Morgan fingerprint density at radius 3 is 2.41 bits per heavy atom. The molecule has 1 amide bonds. The summed E-state index contributed by atoms with van der Waals surface area (Å²) in [6.07, 6.45) is 4.70. The molecule has 2 aromatic carbocycles. The first-order chi connectivity index (χ1) is 14.2. The fraction of sp³-hybridized carbons (Fsp3) is 0.400. The van der Waals surface area contributed by atoms with Crippen molar-refractivity contribution < 1.29 is 4.79 Å². The van der Waals surface area contributed by atoms with Crippen LogP contribution in [0.4, 0.5) is 0 Å². The topological polar surface area (TPSA) is 39.3 Å². The van der Waals surface area contributed by atoms with Crippen LogP contribution in [-0.4, -0.2) is 52.4 Å².